The van der Waals surface area contributed by atoms with Crippen molar-refractivity contribution in [3.63, 3.8) is 0 Å². The first-order valence-electron chi connectivity index (χ1n) is 5.03. The molecule has 0 amide bonds. The first kappa shape index (κ1) is 11.6. The maximum atomic E-state index is 5.95. The predicted octanol–water partition coefficient (Wildman–Crippen LogP) is 3.15. The molecule has 1 unspecified atom stereocenters. The van der Waals surface area contributed by atoms with Gasteiger partial charge >= 0.3 is 0 Å². The summed E-state index contributed by atoms with van der Waals surface area (Å²) >= 11 is 7.65. The monoisotopic (exact) mass is 252 g/mol. The lowest BCUT2D eigenvalue weighted by molar-refractivity contribution is 0.560. The van der Waals surface area contributed by atoms with Crippen molar-refractivity contribution < 1.29 is 0 Å². The van der Waals surface area contributed by atoms with Crippen LogP contribution in [-0.2, 0) is 6.42 Å². The summed E-state index contributed by atoms with van der Waals surface area (Å²) in [5.41, 5.74) is 4.02. The zero-order valence-electron chi connectivity index (χ0n) is 8.69. The molecule has 0 spiro atoms. The van der Waals surface area contributed by atoms with Gasteiger partial charge in [-0.15, -0.1) is 11.3 Å². The molecule has 0 aliphatic carbocycles. The molecule has 0 saturated carbocycles. The first-order chi connectivity index (χ1) is 7.79. The Morgan fingerprint density at radius 2 is 2.19 bits per heavy atom. The lowest BCUT2D eigenvalue weighted by atomic mass is 10.1. The van der Waals surface area contributed by atoms with E-state index in [0.717, 1.165) is 11.4 Å². The lowest BCUT2D eigenvalue weighted by Gasteiger charge is -2.14. The van der Waals surface area contributed by atoms with Crippen LogP contribution in [0.2, 0.25) is 5.02 Å². The van der Waals surface area contributed by atoms with Crippen molar-refractivity contribution in [1.29, 1.82) is 0 Å². The van der Waals surface area contributed by atoms with E-state index >= 15 is 0 Å². The Morgan fingerprint density at radius 1 is 1.31 bits per heavy atom. The number of hydrogen-bond donors (Lipinski definition) is 2. The van der Waals surface area contributed by atoms with Crippen LogP contribution in [0.25, 0.3) is 0 Å². The van der Waals surface area contributed by atoms with Gasteiger partial charge in [-0.2, -0.15) is 0 Å². The molecule has 84 valence electrons. The summed E-state index contributed by atoms with van der Waals surface area (Å²) in [6, 6.07) is 12.1. The minimum absolute atomic E-state index is 0.151. The zero-order chi connectivity index (χ0) is 11.4. The van der Waals surface area contributed by atoms with E-state index in [4.69, 9.17) is 17.4 Å². The molecule has 1 atom stereocenters. The molecular formula is C12H13ClN2S. The molecule has 0 bridgehead atoms. The Bertz CT molecular complexity index is 442. The van der Waals surface area contributed by atoms with Crippen LogP contribution in [0.1, 0.15) is 16.5 Å². The van der Waals surface area contributed by atoms with Crippen LogP contribution in [0.4, 0.5) is 0 Å². The second kappa shape index (κ2) is 5.46. The van der Waals surface area contributed by atoms with Crippen molar-refractivity contribution in [2.24, 2.45) is 5.84 Å². The average Bonchev–Trinajstić information content (AvgIpc) is 2.79. The molecule has 0 radical (unpaired) electrons. The molecule has 1 heterocycles. The number of thiophene rings is 1. The minimum Gasteiger partial charge on any atom is -0.271 e. The van der Waals surface area contributed by atoms with Crippen molar-refractivity contribution in [1.82, 2.24) is 5.43 Å². The summed E-state index contributed by atoms with van der Waals surface area (Å²) in [5.74, 6) is 5.57. The standard InChI is InChI=1S/C12H13ClN2S/c13-10-4-1-3-9(7-10)8-11(15-14)12-5-2-6-16-12/h1-7,11,15H,8,14H2. The highest BCUT2D eigenvalue weighted by atomic mass is 35.5. The molecule has 3 N–H and O–H groups in total. The van der Waals surface area contributed by atoms with Crippen LogP contribution >= 0.6 is 22.9 Å². The largest absolute Gasteiger partial charge is 0.271 e. The fraction of sp³-hybridized carbons (Fsp3) is 0.167. The maximum Gasteiger partial charge on any atom is 0.0593 e. The average molecular weight is 253 g/mol. The minimum atomic E-state index is 0.151. The van der Waals surface area contributed by atoms with Crippen LogP contribution in [0, 0.1) is 0 Å². The Hall–Kier alpha value is -0.870. The number of rotatable bonds is 4. The van der Waals surface area contributed by atoms with Crippen LogP contribution in [0.15, 0.2) is 41.8 Å². The van der Waals surface area contributed by atoms with Crippen LogP contribution in [-0.4, -0.2) is 0 Å². The molecule has 1 aromatic heterocycles. The Balaban J connectivity index is 2.13. The van der Waals surface area contributed by atoms with Gasteiger partial charge in [0, 0.05) is 9.90 Å². The lowest BCUT2D eigenvalue weighted by Crippen LogP contribution is -2.28. The highest BCUT2D eigenvalue weighted by molar-refractivity contribution is 7.10. The third-order valence-corrected chi connectivity index (χ3v) is 3.64. The Kier molecular flexibility index (Phi) is 3.96. The van der Waals surface area contributed by atoms with Crippen LogP contribution in [0.3, 0.4) is 0 Å². The summed E-state index contributed by atoms with van der Waals surface area (Å²) in [7, 11) is 0. The molecule has 2 aromatic rings. The quantitative estimate of drug-likeness (QED) is 0.648. The molecule has 2 nitrogen and oxygen atoms in total. The van der Waals surface area contributed by atoms with Gasteiger partial charge in [-0.1, -0.05) is 29.8 Å². The molecule has 0 fully saturated rings. The van der Waals surface area contributed by atoms with E-state index in [1.54, 1.807) is 11.3 Å². The van der Waals surface area contributed by atoms with E-state index < -0.39 is 0 Å². The van der Waals surface area contributed by atoms with E-state index in [0.29, 0.717) is 0 Å². The van der Waals surface area contributed by atoms with Gasteiger partial charge in [-0.05, 0) is 35.6 Å². The molecule has 1 aromatic carbocycles. The topological polar surface area (TPSA) is 38.0 Å². The maximum absolute atomic E-state index is 5.95. The normalized spacial score (nSPS) is 12.6. The summed E-state index contributed by atoms with van der Waals surface area (Å²) in [6.45, 7) is 0. The highest BCUT2D eigenvalue weighted by Gasteiger charge is 2.11. The van der Waals surface area contributed by atoms with Crippen molar-refractivity contribution in [2.75, 3.05) is 0 Å². The van der Waals surface area contributed by atoms with E-state index in [2.05, 4.69) is 22.9 Å². The number of nitrogens with one attached hydrogen (secondary N) is 1. The van der Waals surface area contributed by atoms with E-state index in [-0.39, 0.29) is 6.04 Å². The summed E-state index contributed by atoms with van der Waals surface area (Å²) in [5, 5.41) is 2.82. The second-order valence-electron chi connectivity index (χ2n) is 3.57. The van der Waals surface area contributed by atoms with Gasteiger partial charge in [-0.3, -0.25) is 11.3 Å². The van der Waals surface area contributed by atoms with Gasteiger partial charge < -0.3 is 0 Å². The molecule has 0 saturated heterocycles. The van der Waals surface area contributed by atoms with Crippen molar-refractivity contribution in [3.8, 4) is 0 Å². The third kappa shape index (κ3) is 2.83. The number of halogens is 1. The van der Waals surface area contributed by atoms with E-state index in [1.165, 1.54) is 10.4 Å². The zero-order valence-corrected chi connectivity index (χ0v) is 10.3. The molecule has 0 aliphatic heterocycles. The SMILES string of the molecule is NNC(Cc1cccc(Cl)c1)c1cccs1. The fourth-order valence-corrected chi connectivity index (χ4v) is 2.63. The smallest absolute Gasteiger partial charge is 0.0593 e. The van der Waals surface area contributed by atoms with Gasteiger partial charge in [-0.25, -0.2) is 0 Å². The van der Waals surface area contributed by atoms with Crippen LogP contribution in [0.5, 0.6) is 0 Å². The summed E-state index contributed by atoms with van der Waals surface area (Å²) < 4.78 is 0. The third-order valence-electron chi connectivity index (χ3n) is 2.42. The van der Waals surface area contributed by atoms with E-state index in [9.17, 15) is 0 Å². The van der Waals surface area contributed by atoms with Gasteiger partial charge in [0.05, 0.1) is 6.04 Å². The molecule has 0 aliphatic rings. The van der Waals surface area contributed by atoms with Gasteiger partial charge in [0.25, 0.3) is 0 Å². The van der Waals surface area contributed by atoms with Gasteiger partial charge in [0.2, 0.25) is 0 Å². The number of hydrogen-bond acceptors (Lipinski definition) is 3. The number of hydrazine groups is 1. The Labute approximate surface area is 104 Å². The highest BCUT2D eigenvalue weighted by Crippen LogP contribution is 2.23. The second-order valence-corrected chi connectivity index (χ2v) is 4.98. The van der Waals surface area contributed by atoms with E-state index in [1.807, 2.05) is 24.3 Å². The number of benzene rings is 1. The van der Waals surface area contributed by atoms with Gasteiger partial charge in [0.15, 0.2) is 0 Å². The Morgan fingerprint density at radius 3 is 2.81 bits per heavy atom. The van der Waals surface area contributed by atoms with Crippen molar-refractivity contribution >= 4 is 22.9 Å². The predicted molar refractivity (Wildman–Crippen MR) is 69.5 cm³/mol. The van der Waals surface area contributed by atoms with Crippen LogP contribution < -0.4 is 11.3 Å². The molecule has 2 rings (SSSR count). The van der Waals surface area contributed by atoms with Crippen molar-refractivity contribution in [3.05, 3.63) is 57.2 Å². The number of nitrogens with two attached hydrogens (primary N) is 1. The van der Waals surface area contributed by atoms with Gasteiger partial charge in [0.1, 0.15) is 0 Å². The summed E-state index contributed by atoms with van der Waals surface area (Å²) in [4.78, 5) is 1.24. The molecular weight excluding hydrogens is 240 g/mol. The van der Waals surface area contributed by atoms with Crippen molar-refractivity contribution in [2.45, 2.75) is 12.5 Å². The molecule has 4 heteroatoms. The summed E-state index contributed by atoms with van der Waals surface area (Å²) in [6.07, 6.45) is 0.845. The fourth-order valence-electron chi connectivity index (χ4n) is 1.63. The molecule has 16 heavy (non-hydrogen) atoms. The first-order valence-corrected chi connectivity index (χ1v) is 6.29.